The molecule has 4 atom stereocenters. The molecule has 0 bridgehead atoms. The van der Waals surface area contributed by atoms with Crippen LogP contribution in [-0.4, -0.2) is 23.4 Å². The maximum Gasteiger partial charge on any atom is 0.110 e. The van der Waals surface area contributed by atoms with Gasteiger partial charge in [-0.1, -0.05) is 79.1 Å². The van der Waals surface area contributed by atoms with Crippen molar-refractivity contribution in [2.45, 2.75) is 104 Å². The SMILES string of the molecule is CC(C)CCC[C@@H](C)CCC[C@@H](C)CCCC1(C)O[C@@H]1CO. The molecule has 1 fully saturated rings. The Balaban J connectivity index is 1.96. The van der Waals surface area contributed by atoms with Crippen LogP contribution in [0.3, 0.4) is 0 Å². The Hall–Kier alpha value is -0.0800. The summed E-state index contributed by atoms with van der Waals surface area (Å²) >= 11 is 0. The molecule has 0 aromatic heterocycles. The maximum absolute atomic E-state index is 9.09. The lowest BCUT2D eigenvalue weighted by Gasteiger charge is -2.15. The van der Waals surface area contributed by atoms with E-state index in [-0.39, 0.29) is 18.3 Å². The third kappa shape index (κ3) is 7.97. The summed E-state index contributed by atoms with van der Waals surface area (Å²) in [7, 11) is 0. The smallest absolute Gasteiger partial charge is 0.110 e. The van der Waals surface area contributed by atoms with Crippen molar-refractivity contribution < 1.29 is 9.84 Å². The Morgan fingerprint density at radius 1 is 0.864 bits per heavy atom. The Labute approximate surface area is 139 Å². The second kappa shape index (κ2) is 9.93. The first-order chi connectivity index (χ1) is 10.4. The van der Waals surface area contributed by atoms with Gasteiger partial charge in [0.1, 0.15) is 6.10 Å². The van der Waals surface area contributed by atoms with Crippen molar-refractivity contribution in [1.29, 1.82) is 0 Å². The van der Waals surface area contributed by atoms with E-state index < -0.39 is 0 Å². The van der Waals surface area contributed by atoms with Crippen LogP contribution >= 0.6 is 0 Å². The fourth-order valence-electron chi connectivity index (χ4n) is 3.52. The Kier molecular flexibility index (Phi) is 9.01. The zero-order chi connectivity index (χ0) is 16.6. The molecule has 0 saturated carbocycles. The summed E-state index contributed by atoms with van der Waals surface area (Å²) in [5.74, 6) is 2.59. The first-order valence-electron chi connectivity index (χ1n) is 9.66. The van der Waals surface area contributed by atoms with Gasteiger partial charge in [-0.25, -0.2) is 0 Å². The van der Waals surface area contributed by atoms with Gasteiger partial charge in [0.05, 0.1) is 12.2 Å². The molecule has 1 aliphatic heterocycles. The molecule has 0 aromatic rings. The molecule has 2 nitrogen and oxygen atoms in total. The average molecular weight is 313 g/mol. The Morgan fingerprint density at radius 2 is 1.36 bits per heavy atom. The third-order valence-corrected chi connectivity index (χ3v) is 5.44. The largest absolute Gasteiger partial charge is 0.394 e. The van der Waals surface area contributed by atoms with Crippen LogP contribution in [0.1, 0.15) is 92.4 Å². The first-order valence-corrected chi connectivity index (χ1v) is 9.66. The molecule has 1 N–H and O–H groups in total. The second-order valence-electron chi connectivity index (χ2n) is 8.46. The highest BCUT2D eigenvalue weighted by atomic mass is 16.6. The molecule has 2 heteroatoms. The standard InChI is InChI=1S/C20H40O2/c1-16(2)9-6-10-17(3)11-7-12-18(4)13-8-14-20(5)19(15-21)22-20/h16-19,21H,6-15H2,1-5H3/t17-,18-,19-,20?/m1/s1. The number of epoxide rings is 1. The van der Waals surface area contributed by atoms with Gasteiger partial charge in [-0.2, -0.15) is 0 Å². The minimum atomic E-state index is -0.0145. The summed E-state index contributed by atoms with van der Waals surface area (Å²) < 4.78 is 5.55. The summed E-state index contributed by atoms with van der Waals surface area (Å²) in [5.41, 5.74) is -0.0145. The summed E-state index contributed by atoms with van der Waals surface area (Å²) in [5, 5.41) is 9.09. The summed E-state index contributed by atoms with van der Waals surface area (Å²) in [6, 6.07) is 0. The molecule has 22 heavy (non-hydrogen) atoms. The Morgan fingerprint density at radius 3 is 1.82 bits per heavy atom. The number of hydrogen-bond donors (Lipinski definition) is 1. The summed E-state index contributed by atoms with van der Waals surface area (Å²) in [6.07, 6.45) is 12.1. The van der Waals surface area contributed by atoms with Crippen molar-refractivity contribution in [2.24, 2.45) is 17.8 Å². The monoisotopic (exact) mass is 312 g/mol. The molecule has 0 amide bonds. The van der Waals surface area contributed by atoms with Crippen molar-refractivity contribution in [3.05, 3.63) is 0 Å². The highest BCUT2D eigenvalue weighted by Crippen LogP contribution is 2.40. The van der Waals surface area contributed by atoms with Crippen molar-refractivity contribution in [2.75, 3.05) is 6.61 Å². The summed E-state index contributed by atoms with van der Waals surface area (Å²) in [6.45, 7) is 11.8. The number of aliphatic hydroxyl groups excluding tert-OH is 1. The molecule has 1 saturated heterocycles. The highest BCUT2D eigenvalue weighted by Gasteiger charge is 2.50. The molecule has 0 aliphatic carbocycles. The van der Waals surface area contributed by atoms with Gasteiger partial charge in [0.25, 0.3) is 0 Å². The quantitative estimate of drug-likeness (QED) is 0.451. The van der Waals surface area contributed by atoms with Crippen molar-refractivity contribution in [1.82, 2.24) is 0 Å². The fraction of sp³-hybridized carbons (Fsp3) is 1.00. The van der Waals surface area contributed by atoms with Crippen LogP contribution in [0.5, 0.6) is 0 Å². The van der Waals surface area contributed by atoms with E-state index in [1.165, 1.54) is 51.4 Å². The predicted octanol–water partition coefficient (Wildman–Crippen LogP) is 5.58. The number of hydrogen-bond acceptors (Lipinski definition) is 2. The normalized spacial score (nSPS) is 27.1. The number of ether oxygens (including phenoxy) is 1. The minimum absolute atomic E-state index is 0.0145. The van der Waals surface area contributed by atoms with Crippen LogP contribution in [0.15, 0.2) is 0 Å². The Bertz CT molecular complexity index is 289. The zero-order valence-electron chi connectivity index (χ0n) is 15.7. The molecule has 0 radical (unpaired) electrons. The lowest BCUT2D eigenvalue weighted by Crippen LogP contribution is -2.12. The lowest BCUT2D eigenvalue weighted by molar-refractivity contribution is 0.234. The third-order valence-electron chi connectivity index (χ3n) is 5.44. The lowest BCUT2D eigenvalue weighted by atomic mass is 9.90. The molecular formula is C20H40O2. The van der Waals surface area contributed by atoms with Gasteiger partial charge < -0.3 is 9.84 Å². The van der Waals surface area contributed by atoms with Gasteiger partial charge in [0.15, 0.2) is 0 Å². The van der Waals surface area contributed by atoms with Crippen molar-refractivity contribution >= 4 is 0 Å². The molecule has 1 heterocycles. The molecular weight excluding hydrogens is 272 g/mol. The highest BCUT2D eigenvalue weighted by molar-refractivity contribution is 4.98. The van der Waals surface area contributed by atoms with E-state index in [0.717, 1.165) is 24.2 Å². The number of rotatable bonds is 13. The van der Waals surface area contributed by atoms with Gasteiger partial charge >= 0.3 is 0 Å². The van der Waals surface area contributed by atoms with Crippen LogP contribution in [0, 0.1) is 17.8 Å². The predicted molar refractivity (Wildman–Crippen MR) is 95.1 cm³/mol. The van der Waals surface area contributed by atoms with E-state index in [1.54, 1.807) is 0 Å². The zero-order valence-corrected chi connectivity index (χ0v) is 15.7. The van der Waals surface area contributed by atoms with Crippen molar-refractivity contribution in [3.8, 4) is 0 Å². The van der Waals surface area contributed by atoms with Crippen molar-refractivity contribution in [3.63, 3.8) is 0 Å². The van der Waals surface area contributed by atoms with Gasteiger partial charge in [-0.3, -0.25) is 0 Å². The average Bonchev–Trinajstić information content (AvgIpc) is 3.09. The maximum atomic E-state index is 9.09. The molecule has 1 aliphatic rings. The van der Waals surface area contributed by atoms with Crippen LogP contribution in [0.25, 0.3) is 0 Å². The van der Waals surface area contributed by atoms with E-state index in [9.17, 15) is 0 Å². The molecule has 0 spiro atoms. The fourth-order valence-corrected chi connectivity index (χ4v) is 3.52. The summed E-state index contributed by atoms with van der Waals surface area (Å²) in [4.78, 5) is 0. The van der Waals surface area contributed by atoms with Gasteiger partial charge in [0, 0.05) is 0 Å². The topological polar surface area (TPSA) is 32.8 Å². The minimum Gasteiger partial charge on any atom is -0.394 e. The van der Waals surface area contributed by atoms with E-state index >= 15 is 0 Å². The van der Waals surface area contributed by atoms with Gasteiger partial charge in [-0.15, -0.1) is 0 Å². The van der Waals surface area contributed by atoms with Crippen LogP contribution in [0.2, 0.25) is 0 Å². The first kappa shape index (κ1) is 20.0. The molecule has 1 rings (SSSR count). The second-order valence-corrected chi connectivity index (χ2v) is 8.46. The van der Waals surface area contributed by atoms with E-state index in [0.29, 0.717) is 0 Å². The number of aliphatic hydroxyl groups is 1. The van der Waals surface area contributed by atoms with E-state index in [4.69, 9.17) is 9.84 Å². The van der Waals surface area contributed by atoms with Crippen LogP contribution < -0.4 is 0 Å². The molecule has 1 unspecified atom stereocenters. The molecule has 0 aromatic carbocycles. The van der Waals surface area contributed by atoms with Gasteiger partial charge in [0.2, 0.25) is 0 Å². The van der Waals surface area contributed by atoms with Crippen LogP contribution in [-0.2, 0) is 4.74 Å². The van der Waals surface area contributed by atoms with Crippen LogP contribution in [0.4, 0.5) is 0 Å². The van der Waals surface area contributed by atoms with E-state index in [1.807, 2.05) is 0 Å². The van der Waals surface area contributed by atoms with E-state index in [2.05, 4.69) is 34.6 Å². The molecule has 132 valence electrons. The van der Waals surface area contributed by atoms with Gasteiger partial charge in [-0.05, 0) is 31.1 Å².